The number of nitrogens with one attached hydrogen (secondary N) is 1. The van der Waals surface area contributed by atoms with Gasteiger partial charge in [-0.25, -0.2) is 9.78 Å². The highest BCUT2D eigenvalue weighted by Gasteiger charge is 2.22. The van der Waals surface area contributed by atoms with E-state index in [1.165, 1.54) is 7.11 Å². The van der Waals surface area contributed by atoms with Crippen LogP contribution in [0.25, 0.3) is 11.1 Å². The number of amides is 1. The molecule has 0 saturated heterocycles. The maximum absolute atomic E-state index is 11.5. The summed E-state index contributed by atoms with van der Waals surface area (Å²) in [7, 11) is 5.36. The van der Waals surface area contributed by atoms with Crippen molar-refractivity contribution in [3.05, 3.63) is 42.1 Å². The minimum atomic E-state index is -0.553. The minimum absolute atomic E-state index is 0.387. The highest BCUT2D eigenvalue weighted by molar-refractivity contribution is 5.84. The molecular weight excluding hydrogens is 428 g/mol. The zero-order valence-corrected chi connectivity index (χ0v) is 22.9. The second-order valence-corrected chi connectivity index (χ2v) is 8.65. The molecule has 0 unspecified atom stereocenters. The number of methoxy groups -OCH3 is 1. The van der Waals surface area contributed by atoms with E-state index in [4.69, 9.17) is 10.5 Å². The Balaban J connectivity index is 0.00000258. The number of hydrogen-bond acceptors (Lipinski definition) is 6. The molecule has 34 heavy (non-hydrogen) atoms. The van der Waals surface area contributed by atoms with Crippen molar-refractivity contribution in [3.8, 4) is 16.9 Å². The van der Waals surface area contributed by atoms with Gasteiger partial charge in [-0.15, -0.1) is 0 Å². The highest BCUT2D eigenvalue weighted by atomic mass is 16.5. The second kappa shape index (κ2) is 16.1. The molecule has 1 aromatic carbocycles. The minimum Gasteiger partial charge on any atom is -0.491 e. The number of carbonyl (C=O) groups is 1. The van der Waals surface area contributed by atoms with Crippen molar-refractivity contribution in [2.45, 2.75) is 67.0 Å². The first-order valence-electron chi connectivity index (χ1n) is 12.1. The number of nitrogens with two attached hydrogens (primary N) is 1. The van der Waals surface area contributed by atoms with E-state index in [1.807, 2.05) is 73.0 Å². The average molecular weight is 475 g/mol. The van der Waals surface area contributed by atoms with Gasteiger partial charge in [0, 0.05) is 23.8 Å². The number of aromatic nitrogens is 1. The smallest absolute Gasteiger partial charge is 0.412 e. The van der Waals surface area contributed by atoms with Crippen molar-refractivity contribution in [2.24, 2.45) is 11.7 Å². The van der Waals surface area contributed by atoms with Gasteiger partial charge in [-0.2, -0.15) is 0 Å². The molecule has 0 aliphatic carbocycles. The summed E-state index contributed by atoms with van der Waals surface area (Å²) in [6, 6.07) is 9.79. The highest BCUT2D eigenvalue weighted by Crippen LogP contribution is 2.29. The van der Waals surface area contributed by atoms with Crippen LogP contribution in [0, 0.1) is 5.92 Å². The fraction of sp³-hybridized carbons (Fsp3) is 0.556. The number of pyridine rings is 1. The molecule has 1 atom stereocenters. The van der Waals surface area contributed by atoms with Gasteiger partial charge in [0.05, 0.1) is 7.11 Å². The van der Waals surface area contributed by atoms with E-state index in [-0.39, 0.29) is 5.54 Å². The standard InChI is InChI=1S/C23H34N4O3.2C2H6/c1-16(2)13-23(3,24)15-30-20-8-7-17(11-19(20)14-27(4)5)18-9-10-25-21(12-18)26-22(28)29-6;2*1-2/h7-12,16H,13-15,24H2,1-6H3,(H,25,26,28);2*1-2H3/t23-;;/m0../s1. The Morgan fingerprint density at radius 2 is 1.74 bits per heavy atom. The van der Waals surface area contributed by atoms with E-state index in [0.717, 1.165) is 35.4 Å². The van der Waals surface area contributed by atoms with E-state index in [2.05, 4.69) is 39.9 Å². The summed E-state index contributed by atoms with van der Waals surface area (Å²) in [5.41, 5.74) is 9.04. The van der Waals surface area contributed by atoms with Crippen LogP contribution in [0.4, 0.5) is 10.6 Å². The van der Waals surface area contributed by atoms with E-state index in [9.17, 15) is 4.79 Å². The molecule has 1 heterocycles. The average Bonchev–Trinajstić information content (AvgIpc) is 2.79. The molecule has 0 aliphatic rings. The third kappa shape index (κ3) is 11.5. The lowest BCUT2D eigenvalue weighted by Crippen LogP contribution is -2.43. The van der Waals surface area contributed by atoms with Crippen LogP contribution in [-0.2, 0) is 11.3 Å². The quantitative estimate of drug-likeness (QED) is 0.451. The topological polar surface area (TPSA) is 89.7 Å². The molecule has 0 aliphatic heterocycles. The first kappa shape index (κ1) is 31.4. The molecule has 0 bridgehead atoms. The fourth-order valence-electron chi connectivity index (χ4n) is 3.43. The number of rotatable bonds is 9. The fourth-order valence-corrected chi connectivity index (χ4v) is 3.43. The zero-order valence-electron chi connectivity index (χ0n) is 22.9. The van der Waals surface area contributed by atoms with Gasteiger partial charge in [0.2, 0.25) is 0 Å². The van der Waals surface area contributed by atoms with Gasteiger partial charge in [0.1, 0.15) is 18.2 Å². The second-order valence-electron chi connectivity index (χ2n) is 8.65. The summed E-state index contributed by atoms with van der Waals surface area (Å²) in [6.45, 7) is 15.5. The third-order valence-electron chi connectivity index (χ3n) is 4.49. The monoisotopic (exact) mass is 474 g/mol. The van der Waals surface area contributed by atoms with Gasteiger partial charge in [-0.3, -0.25) is 5.32 Å². The maximum atomic E-state index is 11.5. The molecule has 3 N–H and O–H groups in total. The number of hydrogen-bond donors (Lipinski definition) is 2. The number of anilines is 1. The molecule has 192 valence electrons. The van der Waals surface area contributed by atoms with Crippen LogP contribution in [0.5, 0.6) is 5.75 Å². The van der Waals surface area contributed by atoms with Crippen molar-refractivity contribution >= 4 is 11.9 Å². The molecule has 0 radical (unpaired) electrons. The number of nitrogens with zero attached hydrogens (tertiary/aromatic N) is 2. The predicted octanol–water partition coefficient (Wildman–Crippen LogP) is 6.18. The van der Waals surface area contributed by atoms with Crippen LogP contribution in [0.1, 0.15) is 60.5 Å². The van der Waals surface area contributed by atoms with Crippen LogP contribution in [0.3, 0.4) is 0 Å². The lowest BCUT2D eigenvalue weighted by atomic mass is 9.93. The van der Waals surface area contributed by atoms with Gasteiger partial charge in [0.25, 0.3) is 0 Å². The van der Waals surface area contributed by atoms with Gasteiger partial charge >= 0.3 is 6.09 Å². The predicted molar refractivity (Wildman–Crippen MR) is 143 cm³/mol. The summed E-state index contributed by atoms with van der Waals surface area (Å²) < 4.78 is 10.8. The molecule has 2 rings (SSSR count). The zero-order chi connectivity index (χ0) is 26.3. The Morgan fingerprint density at radius 1 is 1.12 bits per heavy atom. The van der Waals surface area contributed by atoms with E-state index in [0.29, 0.717) is 18.3 Å². The molecule has 2 aromatic rings. The SMILES string of the molecule is CC.CC.COC(=O)Nc1cc(-c2ccc(OC[C@@](C)(N)CC(C)C)c(CN(C)C)c2)ccn1. The maximum Gasteiger partial charge on any atom is 0.412 e. The number of carbonyl (C=O) groups excluding carboxylic acids is 1. The molecule has 0 fully saturated rings. The summed E-state index contributed by atoms with van der Waals surface area (Å²) in [5.74, 6) is 1.77. The Labute approximate surface area is 207 Å². The summed E-state index contributed by atoms with van der Waals surface area (Å²) >= 11 is 0. The van der Waals surface area contributed by atoms with Crippen molar-refractivity contribution < 1.29 is 14.3 Å². The Kier molecular flexibility index (Phi) is 14.8. The van der Waals surface area contributed by atoms with E-state index >= 15 is 0 Å². The Bertz CT molecular complexity index is 852. The van der Waals surface area contributed by atoms with Crippen LogP contribution in [0.15, 0.2) is 36.5 Å². The first-order chi connectivity index (χ1) is 16.1. The summed E-state index contributed by atoms with van der Waals surface area (Å²) in [5, 5.41) is 2.59. The number of benzene rings is 1. The van der Waals surface area contributed by atoms with E-state index in [1.54, 1.807) is 6.20 Å². The van der Waals surface area contributed by atoms with Crippen molar-refractivity contribution in [2.75, 3.05) is 33.1 Å². The Morgan fingerprint density at radius 3 is 2.29 bits per heavy atom. The normalized spacial score (nSPS) is 12.0. The molecule has 0 spiro atoms. The number of ether oxygens (including phenoxy) is 2. The van der Waals surface area contributed by atoms with Crippen molar-refractivity contribution in [1.29, 1.82) is 0 Å². The molecule has 1 amide bonds. The lowest BCUT2D eigenvalue weighted by molar-refractivity contribution is 0.187. The molecule has 0 saturated carbocycles. The summed E-state index contributed by atoms with van der Waals surface area (Å²) in [6.07, 6.45) is 1.99. The van der Waals surface area contributed by atoms with Crippen molar-refractivity contribution in [1.82, 2.24) is 9.88 Å². The molecule has 7 nitrogen and oxygen atoms in total. The first-order valence-corrected chi connectivity index (χ1v) is 12.1. The van der Waals surface area contributed by atoms with Crippen LogP contribution < -0.4 is 15.8 Å². The van der Waals surface area contributed by atoms with Crippen LogP contribution >= 0.6 is 0 Å². The van der Waals surface area contributed by atoms with Gasteiger partial charge < -0.3 is 20.1 Å². The molecular formula is C27H46N4O3. The van der Waals surface area contributed by atoms with E-state index < -0.39 is 6.09 Å². The third-order valence-corrected chi connectivity index (χ3v) is 4.49. The van der Waals surface area contributed by atoms with Gasteiger partial charge in [0.15, 0.2) is 0 Å². The summed E-state index contributed by atoms with van der Waals surface area (Å²) in [4.78, 5) is 17.7. The lowest BCUT2D eigenvalue weighted by Gasteiger charge is -2.27. The van der Waals surface area contributed by atoms with Gasteiger partial charge in [-0.1, -0.05) is 47.6 Å². The molecule has 1 aromatic heterocycles. The van der Waals surface area contributed by atoms with Crippen LogP contribution in [-0.4, -0.2) is 49.3 Å². The van der Waals surface area contributed by atoms with Crippen LogP contribution in [0.2, 0.25) is 0 Å². The van der Waals surface area contributed by atoms with Gasteiger partial charge in [-0.05, 0) is 68.8 Å². The van der Waals surface area contributed by atoms with Crippen molar-refractivity contribution in [3.63, 3.8) is 0 Å². The Hall–Kier alpha value is -2.64. The largest absolute Gasteiger partial charge is 0.491 e. The molecule has 7 heteroatoms.